The van der Waals surface area contributed by atoms with E-state index in [0.717, 1.165) is 11.6 Å². The van der Waals surface area contributed by atoms with E-state index in [1.165, 1.54) is 16.7 Å². The van der Waals surface area contributed by atoms with Crippen LogP contribution in [0.5, 0.6) is 0 Å². The molecule has 8 nitrogen and oxygen atoms in total. The van der Waals surface area contributed by atoms with Gasteiger partial charge in [0, 0.05) is 29.7 Å². The topological polar surface area (TPSA) is 108 Å². The number of aliphatic hydroxyl groups is 1. The number of aromatic nitrogens is 6. The summed E-state index contributed by atoms with van der Waals surface area (Å²) >= 11 is 0. The van der Waals surface area contributed by atoms with E-state index in [2.05, 4.69) is 20.1 Å². The molecule has 0 aliphatic carbocycles. The van der Waals surface area contributed by atoms with Gasteiger partial charge in [0.05, 0.1) is 42.3 Å². The van der Waals surface area contributed by atoms with Crippen molar-refractivity contribution in [3.8, 4) is 28.2 Å². The number of fused-ring (bicyclic) bond motifs is 1. The van der Waals surface area contributed by atoms with Gasteiger partial charge in [-0.25, -0.2) is 18.7 Å². The summed E-state index contributed by atoms with van der Waals surface area (Å²) in [7, 11) is 0. The van der Waals surface area contributed by atoms with Crippen LogP contribution in [0.1, 0.15) is 0 Å². The molecular weight excluding hydrogens is 416 g/mol. The summed E-state index contributed by atoms with van der Waals surface area (Å²) in [5, 5.41) is 13.3. The van der Waals surface area contributed by atoms with E-state index in [9.17, 15) is 8.78 Å². The van der Waals surface area contributed by atoms with Gasteiger partial charge in [-0.05, 0) is 24.3 Å². The van der Waals surface area contributed by atoms with E-state index in [1.54, 1.807) is 47.8 Å². The molecule has 4 aromatic heterocycles. The predicted octanol–water partition coefficient (Wildman–Crippen LogP) is 3.20. The van der Waals surface area contributed by atoms with Gasteiger partial charge in [0.2, 0.25) is 0 Å². The van der Waals surface area contributed by atoms with Gasteiger partial charge in [-0.3, -0.25) is 14.2 Å². The molecule has 0 aliphatic heterocycles. The smallest absolute Gasteiger partial charge is 0.182 e. The fourth-order valence-corrected chi connectivity index (χ4v) is 3.57. The Kier molecular flexibility index (Phi) is 4.83. The Labute approximate surface area is 180 Å². The molecule has 5 aromatic rings. The van der Waals surface area contributed by atoms with Crippen LogP contribution in [0.3, 0.4) is 0 Å². The molecule has 0 unspecified atom stereocenters. The molecule has 0 bridgehead atoms. The number of benzene rings is 1. The van der Waals surface area contributed by atoms with E-state index in [1.807, 2.05) is 0 Å². The van der Waals surface area contributed by atoms with Crippen molar-refractivity contribution < 1.29 is 13.9 Å². The van der Waals surface area contributed by atoms with E-state index >= 15 is 0 Å². The van der Waals surface area contributed by atoms with Crippen LogP contribution in [0.15, 0.2) is 61.3 Å². The molecule has 0 saturated heterocycles. The summed E-state index contributed by atoms with van der Waals surface area (Å²) in [6, 6.07) is 7.39. The quantitative estimate of drug-likeness (QED) is 0.441. The van der Waals surface area contributed by atoms with Gasteiger partial charge in [0.1, 0.15) is 17.2 Å². The second-order valence-electron chi connectivity index (χ2n) is 7.08. The highest BCUT2D eigenvalue weighted by Gasteiger charge is 2.21. The molecule has 0 spiro atoms. The number of halogens is 2. The number of hydrogen-bond acceptors (Lipinski definition) is 6. The van der Waals surface area contributed by atoms with Crippen molar-refractivity contribution in [3.05, 3.63) is 73.0 Å². The molecule has 4 heterocycles. The van der Waals surface area contributed by atoms with Gasteiger partial charge in [-0.1, -0.05) is 6.07 Å². The maximum atomic E-state index is 14.8. The highest BCUT2D eigenvalue weighted by atomic mass is 19.2. The standard InChI is InChI=1S/C22H17F2N7O/c23-16-2-1-3-19(20(16)24)31-18-4-5-26-11-17(18)29-22(31)15-8-13(9-27-21(15)25)14-10-28-30(12-14)6-7-32/h1-5,8-12,32H,6-7H2,(H2,25,27). The molecule has 3 N–H and O–H groups in total. The van der Waals surface area contributed by atoms with Gasteiger partial charge < -0.3 is 10.8 Å². The second-order valence-corrected chi connectivity index (χ2v) is 7.08. The van der Waals surface area contributed by atoms with Crippen LogP contribution in [0.2, 0.25) is 0 Å². The van der Waals surface area contributed by atoms with Crippen molar-refractivity contribution in [2.75, 3.05) is 12.3 Å². The minimum Gasteiger partial charge on any atom is -0.394 e. The summed E-state index contributed by atoms with van der Waals surface area (Å²) in [6.07, 6.45) is 8.10. The number of aliphatic hydroxyl groups excluding tert-OH is 1. The Morgan fingerprint density at radius 2 is 1.94 bits per heavy atom. The van der Waals surface area contributed by atoms with Gasteiger partial charge in [-0.15, -0.1) is 0 Å². The van der Waals surface area contributed by atoms with Crippen LogP contribution in [-0.4, -0.2) is 41.0 Å². The zero-order valence-electron chi connectivity index (χ0n) is 16.7. The Bertz CT molecular complexity index is 1440. The lowest BCUT2D eigenvalue weighted by atomic mass is 10.1. The average molecular weight is 433 g/mol. The predicted molar refractivity (Wildman–Crippen MR) is 115 cm³/mol. The molecule has 0 fully saturated rings. The molecule has 0 amide bonds. The second kappa shape index (κ2) is 7.82. The molecule has 0 aliphatic rings. The lowest BCUT2D eigenvalue weighted by molar-refractivity contribution is 0.269. The van der Waals surface area contributed by atoms with Crippen molar-refractivity contribution in [3.63, 3.8) is 0 Å². The van der Waals surface area contributed by atoms with Crippen LogP contribution < -0.4 is 5.73 Å². The monoisotopic (exact) mass is 433 g/mol. The molecule has 32 heavy (non-hydrogen) atoms. The van der Waals surface area contributed by atoms with E-state index in [0.29, 0.717) is 34.5 Å². The van der Waals surface area contributed by atoms with Crippen LogP contribution in [0.4, 0.5) is 14.6 Å². The SMILES string of the molecule is Nc1ncc(-c2cnn(CCO)c2)cc1-c1nc2cnccc2n1-c1cccc(F)c1F. The maximum Gasteiger partial charge on any atom is 0.182 e. The molecule has 0 atom stereocenters. The summed E-state index contributed by atoms with van der Waals surface area (Å²) in [5.74, 6) is -1.50. The van der Waals surface area contributed by atoms with Crippen molar-refractivity contribution in [1.29, 1.82) is 0 Å². The zero-order valence-corrected chi connectivity index (χ0v) is 16.7. The van der Waals surface area contributed by atoms with Gasteiger partial charge in [0.25, 0.3) is 0 Å². The first-order valence-electron chi connectivity index (χ1n) is 9.73. The van der Waals surface area contributed by atoms with Gasteiger partial charge in [-0.2, -0.15) is 5.10 Å². The highest BCUT2D eigenvalue weighted by molar-refractivity contribution is 5.86. The third kappa shape index (κ3) is 3.26. The minimum atomic E-state index is -1.00. The van der Waals surface area contributed by atoms with Gasteiger partial charge >= 0.3 is 0 Å². The Hall–Kier alpha value is -4.18. The molecular formula is C22H17F2N7O. The summed E-state index contributed by atoms with van der Waals surface area (Å²) < 4.78 is 31.9. The van der Waals surface area contributed by atoms with Crippen molar-refractivity contribution in [2.24, 2.45) is 0 Å². The number of hydrogen-bond donors (Lipinski definition) is 2. The van der Waals surface area contributed by atoms with Crippen LogP contribution in [0.25, 0.3) is 39.2 Å². The van der Waals surface area contributed by atoms with Gasteiger partial charge in [0.15, 0.2) is 11.6 Å². The molecule has 10 heteroatoms. The fourth-order valence-electron chi connectivity index (χ4n) is 3.57. The van der Waals surface area contributed by atoms with Crippen LogP contribution in [-0.2, 0) is 6.54 Å². The number of anilines is 1. The Balaban J connectivity index is 1.74. The number of nitrogens with zero attached hydrogens (tertiary/aromatic N) is 6. The Morgan fingerprint density at radius 3 is 2.78 bits per heavy atom. The number of nitrogen functional groups attached to an aromatic ring is 1. The number of imidazole rings is 1. The molecule has 1 aromatic carbocycles. The first kappa shape index (κ1) is 19.8. The van der Waals surface area contributed by atoms with E-state index in [4.69, 9.17) is 10.8 Å². The summed E-state index contributed by atoms with van der Waals surface area (Å²) in [5.41, 5.74) is 9.12. The Morgan fingerprint density at radius 1 is 1.06 bits per heavy atom. The summed E-state index contributed by atoms with van der Waals surface area (Å²) in [6.45, 7) is 0.320. The first-order chi connectivity index (χ1) is 15.6. The number of rotatable bonds is 5. The highest BCUT2D eigenvalue weighted by Crippen LogP contribution is 2.34. The summed E-state index contributed by atoms with van der Waals surface area (Å²) in [4.78, 5) is 13.0. The van der Waals surface area contributed by atoms with Crippen molar-refractivity contribution in [2.45, 2.75) is 6.54 Å². The number of nitrogens with two attached hydrogens (primary N) is 1. The van der Waals surface area contributed by atoms with E-state index < -0.39 is 11.6 Å². The normalized spacial score (nSPS) is 11.3. The number of pyridine rings is 2. The lowest BCUT2D eigenvalue weighted by Crippen LogP contribution is -2.04. The molecule has 0 saturated carbocycles. The van der Waals surface area contributed by atoms with Crippen LogP contribution in [0, 0.1) is 11.6 Å². The zero-order chi connectivity index (χ0) is 22.2. The molecule has 0 radical (unpaired) electrons. The maximum absolute atomic E-state index is 14.8. The van der Waals surface area contributed by atoms with Crippen molar-refractivity contribution in [1.82, 2.24) is 29.3 Å². The van der Waals surface area contributed by atoms with Crippen molar-refractivity contribution >= 4 is 16.9 Å². The van der Waals surface area contributed by atoms with E-state index in [-0.39, 0.29) is 18.1 Å². The molecule has 5 rings (SSSR count). The minimum absolute atomic E-state index is 0.00531. The molecule has 160 valence electrons. The third-order valence-electron chi connectivity index (χ3n) is 5.08. The first-order valence-corrected chi connectivity index (χ1v) is 9.73. The fraction of sp³-hybridized carbons (Fsp3) is 0.0909. The lowest BCUT2D eigenvalue weighted by Gasteiger charge is -2.12. The average Bonchev–Trinajstić information content (AvgIpc) is 3.41. The van der Waals surface area contributed by atoms with Crippen LogP contribution >= 0.6 is 0 Å². The largest absolute Gasteiger partial charge is 0.394 e. The third-order valence-corrected chi connectivity index (χ3v) is 5.08.